The average Bonchev–Trinajstić information content (AvgIpc) is 3.55. The second kappa shape index (κ2) is 10.0. The molecule has 1 amide bonds. The molecule has 3 aromatic heterocycles. The number of aliphatic hydroxyl groups excluding tert-OH is 1. The maximum absolute atomic E-state index is 13.6. The summed E-state index contributed by atoms with van der Waals surface area (Å²) in [4.78, 5) is 24.2. The highest BCUT2D eigenvalue weighted by Gasteiger charge is 2.32. The SMILES string of the molecule is Cc1cc(Nc2nc(Sc3ccc(NC(=O)CN4C[C@@H](F)C[C@H]4CO)cc3)nc3cccn23)n[nH]1. The molecule has 0 unspecified atom stereocenters. The molecule has 1 aliphatic heterocycles. The number of amides is 1. The van der Waals surface area contributed by atoms with Crippen LogP contribution in [0.25, 0.3) is 5.65 Å². The van der Waals surface area contributed by atoms with Gasteiger partial charge in [0.2, 0.25) is 11.9 Å². The Morgan fingerprint density at radius 3 is 2.86 bits per heavy atom. The first-order valence-corrected chi connectivity index (χ1v) is 12.0. The van der Waals surface area contributed by atoms with Crippen LogP contribution in [0, 0.1) is 6.92 Å². The molecule has 4 heterocycles. The molecule has 0 bridgehead atoms. The second-order valence-corrected chi connectivity index (χ2v) is 9.44. The van der Waals surface area contributed by atoms with E-state index in [1.54, 1.807) is 17.0 Å². The number of H-pyrrole nitrogens is 1. The van der Waals surface area contributed by atoms with E-state index in [1.165, 1.54) is 11.8 Å². The van der Waals surface area contributed by atoms with Gasteiger partial charge in [-0.25, -0.2) is 9.37 Å². The number of hydrogen-bond donors (Lipinski definition) is 4. The lowest BCUT2D eigenvalue weighted by Gasteiger charge is -2.21. The average molecular weight is 497 g/mol. The monoisotopic (exact) mass is 496 g/mol. The number of fused-ring (bicyclic) bond motifs is 1. The van der Waals surface area contributed by atoms with Gasteiger partial charge in [0, 0.05) is 41.1 Å². The summed E-state index contributed by atoms with van der Waals surface area (Å²) in [5.41, 5.74) is 2.32. The predicted molar refractivity (Wildman–Crippen MR) is 131 cm³/mol. The summed E-state index contributed by atoms with van der Waals surface area (Å²) in [7, 11) is 0. The minimum atomic E-state index is -1.01. The molecule has 1 aliphatic rings. The molecular formula is C23H25FN8O2S. The Bertz CT molecular complexity index is 1320. The smallest absolute Gasteiger partial charge is 0.238 e. The topological polar surface area (TPSA) is 123 Å². The molecule has 0 spiro atoms. The molecular weight excluding hydrogens is 471 g/mol. The number of anilines is 3. The first-order valence-electron chi connectivity index (χ1n) is 11.2. The number of aliphatic hydroxyl groups is 1. The summed E-state index contributed by atoms with van der Waals surface area (Å²) in [6.07, 6.45) is 1.12. The van der Waals surface area contributed by atoms with Gasteiger partial charge in [-0.1, -0.05) is 0 Å². The van der Waals surface area contributed by atoms with Gasteiger partial charge < -0.3 is 15.7 Å². The predicted octanol–water partition coefficient (Wildman–Crippen LogP) is 3.00. The third kappa shape index (κ3) is 5.45. The number of aromatic amines is 1. The minimum Gasteiger partial charge on any atom is -0.395 e. The number of carbonyl (C=O) groups excluding carboxylic acids is 1. The minimum absolute atomic E-state index is 0.0403. The number of likely N-dealkylation sites (tertiary alicyclic amines) is 1. The van der Waals surface area contributed by atoms with E-state index < -0.39 is 6.17 Å². The number of aryl methyl sites for hydroxylation is 1. The summed E-state index contributed by atoms with van der Waals surface area (Å²) in [5.74, 6) is 1.01. The largest absolute Gasteiger partial charge is 0.395 e. The van der Waals surface area contributed by atoms with Gasteiger partial charge in [0.05, 0.1) is 13.2 Å². The lowest BCUT2D eigenvalue weighted by Crippen LogP contribution is -2.38. The molecule has 35 heavy (non-hydrogen) atoms. The van der Waals surface area contributed by atoms with Gasteiger partial charge in [-0.05, 0) is 61.5 Å². The number of hydrogen-bond acceptors (Lipinski definition) is 8. The lowest BCUT2D eigenvalue weighted by atomic mass is 10.2. The van der Waals surface area contributed by atoms with Crippen molar-refractivity contribution in [1.29, 1.82) is 0 Å². The van der Waals surface area contributed by atoms with Gasteiger partial charge in [-0.15, -0.1) is 0 Å². The van der Waals surface area contributed by atoms with Crippen LogP contribution < -0.4 is 10.6 Å². The fourth-order valence-electron chi connectivity index (χ4n) is 4.04. The Balaban J connectivity index is 1.24. The number of carbonyl (C=O) groups is 1. The van der Waals surface area contributed by atoms with E-state index in [2.05, 4.69) is 30.8 Å². The second-order valence-electron chi connectivity index (χ2n) is 8.40. The van der Waals surface area contributed by atoms with Crippen LogP contribution in [0.5, 0.6) is 0 Å². The highest BCUT2D eigenvalue weighted by molar-refractivity contribution is 7.99. The number of benzene rings is 1. The van der Waals surface area contributed by atoms with Crippen LogP contribution in [0.2, 0.25) is 0 Å². The Labute approximate surface area is 205 Å². The molecule has 1 saturated heterocycles. The third-order valence-corrected chi connectivity index (χ3v) is 6.57. The van der Waals surface area contributed by atoms with Gasteiger partial charge in [0.1, 0.15) is 11.8 Å². The molecule has 4 N–H and O–H groups in total. The zero-order valence-electron chi connectivity index (χ0n) is 19.0. The van der Waals surface area contributed by atoms with Crippen molar-refractivity contribution >= 4 is 40.8 Å². The van der Waals surface area contributed by atoms with Gasteiger partial charge >= 0.3 is 0 Å². The van der Waals surface area contributed by atoms with Crippen molar-refractivity contribution in [2.75, 3.05) is 30.3 Å². The number of alkyl halides is 1. The van der Waals surface area contributed by atoms with E-state index in [9.17, 15) is 14.3 Å². The van der Waals surface area contributed by atoms with Crippen LogP contribution >= 0.6 is 11.8 Å². The van der Waals surface area contributed by atoms with E-state index in [0.717, 1.165) is 16.2 Å². The zero-order chi connectivity index (χ0) is 24.4. The Kier molecular flexibility index (Phi) is 6.66. The molecule has 2 atom stereocenters. The van der Waals surface area contributed by atoms with Crippen LogP contribution in [0.4, 0.5) is 21.8 Å². The zero-order valence-corrected chi connectivity index (χ0v) is 19.8. The van der Waals surface area contributed by atoms with Gasteiger partial charge in [-0.2, -0.15) is 10.1 Å². The molecule has 1 aromatic carbocycles. The van der Waals surface area contributed by atoms with Gasteiger partial charge in [0.25, 0.3) is 0 Å². The van der Waals surface area contributed by atoms with Crippen molar-refractivity contribution in [1.82, 2.24) is 29.5 Å². The number of nitrogens with zero attached hydrogens (tertiary/aromatic N) is 5. The Morgan fingerprint density at radius 1 is 1.29 bits per heavy atom. The van der Waals surface area contributed by atoms with Gasteiger partial charge in [0.15, 0.2) is 11.0 Å². The van der Waals surface area contributed by atoms with Crippen molar-refractivity contribution in [2.45, 2.75) is 35.6 Å². The lowest BCUT2D eigenvalue weighted by molar-refractivity contribution is -0.117. The van der Waals surface area contributed by atoms with Crippen LogP contribution in [0.3, 0.4) is 0 Å². The maximum atomic E-state index is 13.6. The van der Waals surface area contributed by atoms with E-state index in [4.69, 9.17) is 0 Å². The standard InChI is InChI=1S/C23H25FN8O2S/c1-14-9-19(30-29-14)26-22-28-23(27-20-3-2-8-32(20)22)35-18-6-4-16(5-7-18)25-21(34)12-31-11-15(24)10-17(31)13-33/h2-9,15,17,33H,10-13H2,1H3,(H,25,34)(H2,26,27,28,29,30)/t15-,17-/m0/s1. The molecule has 182 valence electrons. The van der Waals surface area contributed by atoms with Crippen LogP contribution in [0.1, 0.15) is 12.1 Å². The number of halogens is 1. The highest BCUT2D eigenvalue weighted by atomic mass is 32.2. The summed E-state index contributed by atoms with van der Waals surface area (Å²) >= 11 is 1.40. The number of rotatable bonds is 8. The highest BCUT2D eigenvalue weighted by Crippen LogP contribution is 2.28. The molecule has 5 rings (SSSR count). The molecule has 1 fully saturated rings. The van der Waals surface area contributed by atoms with Crippen molar-refractivity contribution in [2.24, 2.45) is 0 Å². The molecule has 0 radical (unpaired) electrons. The summed E-state index contributed by atoms with van der Waals surface area (Å²) in [5, 5.41) is 23.1. The quantitative estimate of drug-likeness (QED) is 0.294. The maximum Gasteiger partial charge on any atom is 0.238 e. The van der Waals surface area contributed by atoms with Crippen LogP contribution in [0.15, 0.2) is 58.7 Å². The first-order chi connectivity index (χ1) is 17.0. The number of aromatic nitrogens is 5. The third-order valence-electron chi connectivity index (χ3n) is 5.69. The fourth-order valence-corrected chi connectivity index (χ4v) is 4.80. The van der Waals surface area contributed by atoms with E-state index in [-0.39, 0.29) is 38.1 Å². The molecule has 4 aromatic rings. The van der Waals surface area contributed by atoms with Gasteiger partial charge in [-0.3, -0.25) is 19.2 Å². The fraction of sp³-hybridized carbons (Fsp3) is 0.304. The van der Waals surface area contributed by atoms with Crippen molar-refractivity contribution < 1.29 is 14.3 Å². The van der Waals surface area contributed by atoms with Crippen LogP contribution in [-0.2, 0) is 4.79 Å². The summed E-state index contributed by atoms with van der Waals surface area (Å²) in [6.45, 7) is 1.97. The Morgan fingerprint density at radius 2 is 2.11 bits per heavy atom. The summed E-state index contributed by atoms with van der Waals surface area (Å²) in [6, 6.07) is 12.7. The van der Waals surface area contributed by atoms with E-state index in [0.29, 0.717) is 22.6 Å². The summed E-state index contributed by atoms with van der Waals surface area (Å²) < 4.78 is 15.5. The molecule has 10 nitrogen and oxygen atoms in total. The van der Waals surface area contributed by atoms with Crippen molar-refractivity contribution in [3.8, 4) is 0 Å². The molecule has 12 heteroatoms. The first kappa shape index (κ1) is 23.3. The van der Waals surface area contributed by atoms with Crippen molar-refractivity contribution in [3.05, 3.63) is 54.4 Å². The normalized spacial score (nSPS) is 18.3. The molecule has 0 saturated carbocycles. The van der Waals surface area contributed by atoms with Crippen LogP contribution in [-0.4, -0.2) is 72.4 Å². The van der Waals surface area contributed by atoms with E-state index >= 15 is 0 Å². The Hall–Kier alpha value is -3.48. The number of nitrogens with one attached hydrogen (secondary N) is 3. The molecule has 0 aliphatic carbocycles. The van der Waals surface area contributed by atoms with Crippen molar-refractivity contribution in [3.63, 3.8) is 0 Å². The van der Waals surface area contributed by atoms with E-state index in [1.807, 2.05) is 47.9 Å².